The lowest BCUT2D eigenvalue weighted by atomic mass is 10.0. The molecule has 0 aliphatic carbocycles. The second-order valence-corrected chi connectivity index (χ2v) is 5.59. The van der Waals surface area contributed by atoms with Crippen molar-refractivity contribution >= 4 is 11.9 Å². The van der Waals surface area contributed by atoms with Crippen LogP contribution in [0.4, 0.5) is 8.78 Å². The summed E-state index contributed by atoms with van der Waals surface area (Å²) in [5, 5.41) is 11.5. The lowest BCUT2D eigenvalue weighted by Crippen LogP contribution is -2.49. The number of benzene rings is 1. The molecule has 0 heterocycles. The Morgan fingerprint density at radius 1 is 1.27 bits per heavy atom. The number of nitrogens with one attached hydrogen (secondary N) is 1. The average Bonchev–Trinajstić information content (AvgIpc) is 2.41. The Labute approximate surface area is 127 Å². The molecule has 1 aromatic rings. The molecule has 0 spiro atoms. The molecule has 0 aromatic heterocycles. The van der Waals surface area contributed by atoms with Crippen LogP contribution in [-0.4, -0.2) is 29.1 Å². The Morgan fingerprint density at radius 2 is 1.91 bits per heavy atom. The maximum absolute atomic E-state index is 13.1. The van der Waals surface area contributed by atoms with Gasteiger partial charge in [-0.15, -0.1) is 0 Å². The van der Waals surface area contributed by atoms with Crippen LogP contribution >= 0.6 is 0 Å². The van der Waals surface area contributed by atoms with Crippen molar-refractivity contribution in [1.29, 1.82) is 0 Å². The van der Waals surface area contributed by atoms with Crippen molar-refractivity contribution in [3.63, 3.8) is 0 Å². The van der Waals surface area contributed by atoms with Gasteiger partial charge in [0.05, 0.1) is 6.04 Å². The summed E-state index contributed by atoms with van der Waals surface area (Å²) in [4.78, 5) is 23.1. The van der Waals surface area contributed by atoms with E-state index in [-0.39, 0.29) is 17.9 Å². The second-order valence-electron chi connectivity index (χ2n) is 5.59. The normalized spacial score (nSPS) is 13.7. The van der Waals surface area contributed by atoms with Crippen LogP contribution in [0.3, 0.4) is 0 Å². The van der Waals surface area contributed by atoms with Gasteiger partial charge in [0, 0.05) is 6.42 Å². The van der Waals surface area contributed by atoms with Gasteiger partial charge in [0.25, 0.3) is 0 Å². The van der Waals surface area contributed by atoms with Crippen molar-refractivity contribution in [2.75, 3.05) is 0 Å². The quantitative estimate of drug-likeness (QED) is 0.710. The number of carboxylic acids is 1. The number of hydrogen-bond donors (Lipinski definition) is 3. The molecular formula is C15H20F2N2O3. The number of amides is 1. The van der Waals surface area contributed by atoms with E-state index >= 15 is 0 Å². The molecule has 1 aromatic carbocycles. The van der Waals surface area contributed by atoms with E-state index in [1.165, 1.54) is 6.07 Å². The summed E-state index contributed by atoms with van der Waals surface area (Å²) in [6.07, 6.45) is 0.260. The van der Waals surface area contributed by atoms with Gasteiger partial charge in [-0.1, -0.05) is 19.9 Å². The first-order chi connectivity index (χ1) is 10.2. The van der Waals surface area contributed by atoms with Crippen LogP contribution in [0.25, 0.3) is 0 Å². The van der Waals surface area contributed by atoms with Crippen molar-refractivity contribution in [3.05, 3.63) is 35.4 Å². The first-order valence-corrected chi connectivity index (χ1v) is 6.93. The third kappa shape index (κ3) is 5.40. The summed E-state index contributed by atoms with van der Waals surface area (Å²) in [7, 11) is 0. The SMILES string of the molecule is CC(C)C[C@H](N)C(=O)NC(Cc1ccc(F)c(F)c1)C(=O)O. The molecule has 2 atom stereocenters. The molecule has 0 aliphatic rings. The topological polar surface area (TPSA) is 92.4 Å². The standard InChI is InChI=1S/C15H20F2N2O3/c1-8(2)5-12(18)14(20)19-13(15(21)22)7-9-3-4-10(16)11(17)6-9/h3-4,6,8,12-13H,5,7,18H2,1-2H3,(H,19,20)(H,21,22)/t12-,13?/m0/s1. The molecule has 1 amide bonds. The highest BCUT2D eigenvalue weighted by Crippen LogP contribution is 2.11. The molecule has 22 heavy (non-hydrogen) atoms. The smallest absolute Gasteiger partial charge is 0.326 e. The largest absolute Gasteiger partial charge is 0.480 e. The predicted octanol–water partition coefficient (Wildman–Crippen LogP) is 1.45. The number of nitrogens with two attached hydrogens (primary N) is 1. The van der Waals surface area contributed by atoms with Gasteiger partial charge in [0.2, 0.25) is 5.91 Å². The minimum atomic E-state index is -1.27. The van der Waals surface area contributed by atoms with Gasteiger partial charge in [-0.05, 0) is 30.0 Å². The average molecular weight is 314 g/mol. The molecule has 0 saturated heterocycles. The number of carbonyl (C=O) groups is 2. The van der Waals surface area contributed by atoms with Gasteiger partial charge in [-0.3, -0.25) is 4.79 Å². The van der Waals surface area contributed by atoms with E-state index in [1.807, 2.05) is 13.8 Å². The Bertz CT molecular complexity index is 550. The zero-order chi connectivity index (χ0) is 16.9. The minimum Gasteiger partial charge on any atom is -0.480 e. The number of halogens is 2. The van der Waals surface area contributed by atoms with Gasteiger partial charge in [-0.2, -0.15) is 0 Å². The number of rotatable bonds is 7. The molecule has 7 heteroatoms. The van der Waals surface area contributed by atoms with Crippen LogP contribution < -0.4 is 11.1 Å². The molecule has 0 saturated carbocycles. The molecule has 0 bridgehead atoms. The maximum Gasteiger partial charge on any atom is 0.326 e. The third-order valence-electron chi connectivity index (χ3n) is 3.10. The third-order valence-corrected chi connectivity index (χ3v) is 3.10. The zero-order valence-corrected chi connectivity index (χ0v) is 12.5. The van der Waals surface area contributed by atoms with E-state index in [0.717, 1.165) is 12.1 Å². The Balaban J connectivity index is 2.75. The Kier molecular flexibility index (Phi) is 6.42. The fraction of sp³-hybridized carbons (Fsp3) is 0.467. The summed E-state index contributed by atoms with van der Waals surface area (Å²) in [5.41, 5.74) is 5.96. The molecule has 0 radical (unpaired) electrons. The summed E-state index contributed by atoms with van der Waals surface area (Å²) >= 11 is 0. The van der Waals surface area contributed by atoms with Crippen molar-refractivity contribution in [1.82, 2.24) is 5.32 Å². The molecule has 5 nitrogen and oxygen atoms in total. The molecule has 0 aliphatic heterocycles. The van der Waals surface area contributed by atoms with E-state index in [9.17, 15) is 18.4 Å². The minimum absolute atomic E-state index is 0.160. The highest BCUT2D eigenvalue weighted by atomic mass is 19.2. The number of aliphatic carboxylic acids is 1. The first-order valence-electron chi connectivity index (χ1n) is 6.93. The van der Waals surface area contributed by atoms with Gasteiger partial charge >= 0.3 is 5.97 Å². The van der Waals surface area contributed by atoms with Crippen molar-refractivity contribution in [2.45, 2.75) is 38.8 Å². The van der Waals surface area contributed by atoms with Crippen LogP contribution in [0.15, 0.2) is 18.2 Å². The second kappa shape index (κ2) is 7.84. The van der Waals surface area contributed by atoms with Gasteiger partial charge in [-0.25, -0.2) is 13.6 Å². The highest BCUT2D eigenvalue weighted by Gasteiger charge is 2.24. The summed E-state index contributed by atoms with van der Waals surface area (Å²) in [6, 6.07) is 1.03. The summed E-state index contributed by atoms with van der Waals surface area (Å²) in [6.45, 7) is 3.78. The van der Waals surface area contributed by atoms with E-state index in [1.54, 1.807) is 0 Å². The van der Waals surface area contributed by atoms with Crippen molar-refractivity contribution in [3.8, 4) is 0 Å². The van der Waals surface area contributed by atoms with E-state index < -0.39 is 35.6 Å². The van der Waals surface area contributed by atoms with E-state index in [2.05, 4.69) is 5.32 Å². The molecule has 122 valence electrons. The van der Waals surface area contributed by atoms with Crippen molar-refractivity contribution < 1.29 is 23.5 Å². The van der Waals surface area contributed by atoms with Gasteiger partial charge in [0.15, 0.2) is 11.6 Å². The molecule has 4 N–H and O–H groups in total. The summed E-state index contributed by atoms with van der Waals surface area (Å²) in [5.74, 6) is -3.74. The Morgan fingerprint density at radius 3 is 2.41 bits per heavy atom. The van der Waals surface area contributed by atoms with E-state index in [0.29, 0.717) is 6.42 Å². The number of carbonyl (C=O) groups excluding carboxylic acids is 1. The van der Waals surface area contributed by atoms with E-state index in [4.69, 9.17) is 10.8 Å². The fourth-order valence-electron chi connectivity index (χ4n) is 2.00. The first kappa shape index (κ1) is 18.0. The maximum atomic E-state index is 13.1. The lowest BCUT2D eigenvalue weighted by Gasteiger charge is -2.19. The fourth-order valence-corrected chi connectivity index (χ4v) is 2.00. The Hall–Kier alpha value is -2.02. The summed E-state index contributed by atoms with van der Waals surface area (Å²) < 4.78 is 26.0. The molecular weight excluding hydrogens is 294 g/mol. The van der Waals surface area contributed by atoms with Crippen LogP contribution in [-0.2, 0) is 16.0 Å². The highest BCUT2D eigenvalue weighted by molar-refractivity contribution is 5.86. The van der Waals surface area contributed by atoms with Crippen LogP contribution in [0.2, 0.25) is 0 Å². The van der Waals surface area contributed by atoms with Crippen LogP contribution in [0.5, 0.6) is 0 Å². The van der Waals surface area contributed by atoms with Crippen molar-refractivity contribution in [2.24, 2.45) is 11.7 Å². The molecule has 1 unspecified atom stereocenters. The van der Waals surface area contributed by atoms with Crippen LogP contribution in [0.1, 0.15) is 25.8 Å². The van der Waals surface area contributed by atoms with Crippen LogP contribution in [0, 0.1) is 17.6 Å². The van der Waals surface area contributed by atoms with Gasteiger partial charge < -0.3 is 16.2 Å². The predicted molar refractivity (Wildman–Crippen MR) is 77.1 cm³/mol. The molecule has 0 fully saturated rings. The monoisotopic (exact) mass is 314 g/mol. The molecule has 1 rings (SSSR count). The lowest BCUT2D eigenvalue weighted by molar-refractivity contribution is -0.142. The number of hydrogen-bond acceptors (Lipinski definition) is 3. The van der Waals surface area contributed by atoms with Gasteiger partial charge in [0.1, 0.15) is 6.04 Å². The number of carboxylic acid groups (broad SMARTS) is 1. The zero-order valence-electron chi connectivity index (χ0n) is 12.5.